The zero-order valence-corrected chi connectivity index (χ0v) is 15.7. The van der Waals surface area contributed by atoms with Gasteiger partial charge < -0.3 is 4.52 Å². The molecule has 4 rings (SSSR count). The molecule has 0 N–H and O–H groups in total. The highest BCUT2D eigenvalue weighted by Gasteiger charge is 2.43. The Bertz CT molecular complexity index is 887. The normalized spacial score (nSPS) is 19.7. The van der Waals surface area contributed by atoms with Crippen LogP contribution in [0.2, 0.25) is 5.15 Å². The first-order chi connectivity index (χ1) is 11.5. The molecular weight excluding hydrogens is 392 g/mol. The molecule has 2 atom stereocenters. The van der Waals surface area contributed by atoms with Crippen LogP contribution in [0.1, 0.15) is 46.8 Å². The van der Waals surface area contributed by atoms with Crippen LogP contribution in [0.4, 0.5) is 0 Å². The molecule has 0 spiro atoms. The van der Waals surface area contributed by atoms with Gasteiger partial charge in [0.15, 0.2) is 5.82 Å². The lowest BCUT2D eigenvalue weighted by Crippen LogP contribution is -1.94. The number of nitrogens with zero attached hydrogens (tertiary/aromatic N) is 4. The van der Waals surface area contributed by atoms with Crippen LogP contribution in [0.25, 0.3) is 0 Å². The van der Waals surface area contributed by atoms with Crippen molar-refractivity contribution in [2.45, 2.75) is 31.6 Å². The number of hydrogen-bond donors (Lipinski definition) is 0. The van der Waals surface area contributed by atoms with Gasteiger partial charge in [-0.2, -0.15) is 10.1 Å². The number of rotatable bonds is 4. The SMILES string of the molecule is Cc1nn(C)c(Cl)c1Cc1noc([C@@H]2C[C@H]2c2ccc(Br)cc2)n1. The highest BCUT2D eigenvalue weighted by molar-refractivity contribution is 9.10. The lowest BCUT2D eigenvalue weighted by molar-refractivity contribution is 0.373. The maximum atomic E-state index is 6.27. The Morgan fingerprint density at radius 3 is 2.71 bits per heavy atom. The summed E-state index contributed by atoms with van der Waals surface area (Å²) in [5.41, 5.74) is 3.16. The largest absolute Gasteiger partial charge is 0.339 e. The average Bonchev–Trinajstić information content (AvgIpc) is 3.16. The van der Waals surface area contributed by atoms with Crippen LogP contribution in [0.15, 0.2) is 33.3 Å². The molecule has 5 nitrogen and oxygen atoms in total. The Balaban J connectivity index is 1.49. The fourth-order valence-corrected chi connectivity index (χ4v) is 3.57. The molecule has 0 amide bonds. The fraction of sp³-hybridized carbons (Fsp3) is 0.353. The van der Waals surface area contributed by atoms with Crippen LogP contribution in [0.3, 0.4) is 0 Å². The van der Waals surface area contributed by atoms with E-state index in [1.807, 2.05) is 14.0 Å². The Labute approximate surface area is 153 Å². The number of halogens is 2. The van der Waals surface area contributed by atoms with Crippen molar-refractivity contribution in [3.05, 3.63) is 62.4 Å². The van der Waals surface area contributed by atoms with E-state index in [4.69, 9.17) is 16.1 Å². The van der Waals surface area contributed by atoms with Gasteiger partial charge >= 0.3 is 0 Å². The molecule has 3 aromatic rings. The Kier molecular flexibility index (Phi) is 3.96. The smallest absolute Gasteiger partial charge is 0.230 e. The fourth-order valence-electron chi connectivity index (χ4n) is 3.07. The third-order valence-corrected chi connectivity index (χ3v) is 5.50. The van der Waals surface area contributed by atoms with Crippen molar-refractivity contribution in [3.8, 4) is 0 Å². The summed E-state index contributed by atoms with van der Waals surface area (Å²) in [6.45, 7) is 1.94. The van der Waals surface area contributed by atoms with Gasteiger partial charge in [0.2, 0.25) is 5.89 Å². The molecule has 0 unspecified atom stereocenters. The molecule has 2 aromatic heterocycles. The number of aryl methyl sites for hydroxylation is 2. The molecule has 7 heteroatoms. The lowest BCUT2D eigenvalue weighted by atomic mass is 10.1. The van der Waals surface area contributed by atoms with E-state index < -0.39 is 0 Å². The molecule has 124 valence electrons. The van der Waals surface area contributed by atoms with E-state index in [1.165, 1.54) is 5.56 Å². The van der Waals surface area contributed by atoms with Crippen LogP contribution >= 0.6 is 27.5 Å². The summed E-state index contributed by atoms with van der Waals surface area (Å²) in [6, 6.07) is 8.42. The standard InChI is InChI=1S/C17H16BrClN4O/c1-9-12(16(19)23(2)21-9)8-15-20-17(24-22-15)14-7-13(14)10-3-5-11(18)6-4-10/h3-6,13-14H,7-8H2,1-2H3/t13-,14+/m0/s1. The monoisotopic (exact) mass is 406 g/mol. The van der Waals surface area contributed by atoms with Crippen molar-refractivity contribution in [1.82, 2.24) is 19.9 Å². The Morgan fingerprint density at radius 1 is 1.29 bits per heavy atom. The molecule has 0 aliphatic heterocycles. The minimum atomic E-state index is 0.317. The van der Waals surface area contributed by atoms with E-state index in [0.29, 0.717) is 29.2 Å². The van der Waals surface area contributed by atoms with Gasteiger partial charge in [0.25, 0.3) is 0 Å². The second-order valence-electron chi connectivity index (χ2n) is 6.20. The van der Waals surface area contributed by atoms with Crippen LogP contribution in [-0.4, -0.2) is 19.9 Å². The minimum absolute atomic E-state index is 0.317. The van der Waals surface area contributed by atoms with Crippen LogP contribution < -0.4 is 0 Å². The quantitative estimate of drug-likeness (QED) is 0.643. The zero-order valence-electron chi connectivity index (χ0n) is 13.3. The van der Waals surface area contributed by atoms with Crippen molar-refractivity contribution < 1.29 is 4.52 Å². The summed E-state index contributed by atoms with van der Waals surface area (Å²) >= 11 is 9.74. The Morgan fingerprint density at radius 2 is 2.04 bits per heavy atom. The highest BCUT2D eigenvalue weighted by atomic mass is 79.9. The first-order valence-corrected chi connectivity index (χ1v) is 8.96. The van der Waals surface area contributed by atoms with Gasteiger partial charge in [-0.25, -0.2) is 0 Å². The minimum Gasteiger partial charge on any atom is -0.339 e. The van der Waals surface area contributed by atoms with Crippen molar-refractivity contribution in [2.75, 3.05) is 0 Å². The third-order valence-electron chi connectivity index (χ3n) is 4.49. The summed E-state index contributed by atoms with van der Waals surface area (Å²) in [7, 11) is 1.83. The molecule has 1 aliphatic rings. The molecule has 1 saturated carbocycles. The van der Waals surface area contributed by atoms with Gasteiger partial charge in [-0.1, -0.05) is 44.8 Å². The average molecular weight is 408 g/mol. The van der Waals surface area contributed by atoms with E-state index in [9.17, 15) is 0 Å². The van der Waals surface area contributed by atoms with Gasteiger partial charge in [-0.05, 0) is 37.0 Å². The number of aromatic nitrogens is 4. The van der Waals surface area contributed by atoms with E-state index >= 15 is 0 Å². The van der Waals surface area contributed by atoms with Gasteiger partial charge in [0, 0.05) is 29.4 Å². The summed E-state index contributed by atoms with van der Waals surface area (Å²) in [5.74, 6) is 2.16. The molecule has 1 aromatic carbocycles. The van der Waals surface area contributed by atoms with Crippen molar-refractivity contribution in [3.63, 3.8) is 0 Å². The van der Waals surface area contributed by atoms with Crippen molar-refractivity contribution in [1.29, 1.82) is 0 Å². The molecule has 0 bridgehead atoms. The van der Waals surface area contributed by atoms with Crippen molar-refractivity contribution in [2.24, 2.45) is 7.05 Å². The van der Waals surface area contributed by atoms with Crippen LogP contribution in [-0.2, 0) is 13.5 Å². The van der Waals surface area contributed by atoms with Gasteiger partial charge in [-0.15, -0.1) is 0 Å². The molecule has 0 saturated heterocycles. The summed E-state index contributed by atoms with van der Waals surface area (Å²) in [5, 5.41) is 9.05. The predicted octanol–water partition coefficient (Wildman–Crippen LogP) is 4.39. The maximum absolute atomic E-state index is 6.27. The predicted molar refractivity (Wildman–Crippen MR) is 94.3 cm³/mol. The molecule has 1 aliphatic carbocycles. The van der Waals surface area contributed by atoms with E-state index in [-0.39, 0.29) is 0 Å². The summed E-state index contributed by atoms with van der Waals surface area (Å²) in [4.78, 5) is 4.57. The molecule has 24 heavy (non-hydrogen) atoms. The first-order valence-electron chi connectivity index (χ1n) is 7.79. The first kappa shape index (κ1) is 15.8. The molecule has 0 radical (unpaired) electrons. The summed E-state index contributed by atoms with van der Waals surface area (Å²) < 4.78 is 8.24. The second-order valence-corrected chi connectivity index (χ2v) is 7.48. The topological polar surface area (TPSA) is 56.7 Å². The zero-order chi connectivity index (χ0) is 16.8. The molecule has 1 fully saturated rings. The number of benzene rings is 1. The summed E-state index contributed by atoms with van der Waals surface area (Å²) in [6.07, 6.45) is 1.59. The van der Waals surface area contributed by atoms with E-state index in [1.54, 1.807) is 4.68 Å². The molecule has 2 heterocycles. The highest BCUT2D eigenvalue weighted by Crippen LogP contribution is 2.54. The van der Waals surface area contributed by atoms with Crippen LogP contribution in [0.5, 0.6) is 0 Å². The van der Waals surface area contributed by atoms with Gasteiger partial charge in [-0.3, -0.25) is 4.68 Å². The van der Waals surface area contributed by atoms with Gasteiger partial charge in [0.1, 0.15) is 5.15 Å². The van der Waals surface area contributed by atoms with Gasteiger partial charge in [0.05, 0.1) is 5.69 Å². The second kappa shape index (κ2) is 6.01. The molecular formula is C17H16BrClN4O. The number of hydrogen-bond acceptors (Lipinski definition) is 4. The van der Waals surface area contributed by atoms with Crippen molar-refractivity contribution >= 4 is 27.5 Å². The third kappa shape index (κ3) is 2.89. The van der Waals surface area contributed by atoms with E-state index in [0.717, 1.165) is 28.0 Å². The van der Waals surface area contributed by atoms with E-state index in [2.05, 4.69) is 55.4 Å². The Hall–Kier alpha value is -1.66. The maximum Gasteiger partial charge on any atom is 0.230 e. The van der Waals surface area contributed by atoms with Crippen LogP contribution in [0, 0.1) is 6.92 Å². The lowest BCUT2D eigenvalue weighted by Gasteiger charge is -1.98.